The van der Waals surface area contributed by atoms with Crippen LogP contribution in [0.2, 0.25) is 5.02 Å². The number of nitrogen functional groups attached to an aromatic ring is 1. The molecule has 34 heavy (non-hydrogen) atoms. The summed E-state index contributed by atoms with van der Waals surface area (Å²) in [5.41, 5.74) is 5.65. The number of cyclic esters (lactones) is 1. The van der Waals surface area contributed by atoms with Gasteiger partial charge in [0.15, 0.2) is 0 Å². The van der Waals surface area contributed by atoms with Crippen molar-refractivity contribution >= 4 is 40.8 Å². The molecule has 2 aromatic rings. The number of esters is 1. The minimum atomic E-state index is -0.909. The standard InChI is InChI=1S/C23H27ClN4O6/c1-4-33-23-17(11-18(29)34-23)27-21(31)19(12(2)3)28-9-5-6-16(22(28)32)26-20(30)13-7-8-15(25)14(24)10-13/h5-10,12,17,19,23H,4,11,25H2,1-3H3,(H,26,30)(H,27,31)/t17-,19+,23?/m0/s1. The monoisotopic (exact) mass is 490 g/mol. The van der Waals surface area contributed by atoms with E-state index >= 15 is 0 Å². The molecule has 4 N–H and O–H groups in total. The molecule has 3 rings (SSSR count). The number of nitrogens with zero attached hydrogens (tertiary/aromatic N) is 1. The Morgan fingerprint density at radius 2 is 2.03 bits per heavy atom. The Balaban J connectivity index is 1.83. The number of ether oxygens (including phenoxy) is 2. The first kappa shape index (κ1) is 25.3. The summed E-state index contributed by atoms with van der Waals surface area (Å²) < 4.78 is 11.7. The number of aromatic nitrogens is 1. The number of hydrogen-bond acceptors (Lipinski definition) is 7. The Morgan fingerprint density at radius 1 is 1.29 bits per heavy atom. The molecule has 1 aliphatic rings. The molecule has 1 aromatic heterocycles. The van der Waals surface area contributed by atoms with Crippen LogP contribution in [0.3, 0.4) is 0 Å². The van der Waals surface area contributed by atoms with E-state index in [4.69, 9.17) is 26.8 Å². The number of amides is 2. The number of carbonyl (C=O) groups is 3. The number of nitrogens with two attached hydrogens (primary N) is 1. The molecule has 2 amide bonds. The molecule has 3 atom stereocenters. The van der Waals surface area contributed by atoms with Crippen molar-refractivity contribution in [2.75, 3.05) is 17.7 Å². The summed E-state index contributed by atoms with van der Waals surface area (Å²) in [7, 11) is 0. The van der Waals surface area contributed by atoms with Crippen LogP contribution in [0.5, 0.6) is 0 Å². The highest BCUT2D eigenvalue weighted by Gasteiger charge is 2.38. The number of anilines is 2. The molecule has 1 unspecified atom stereocenters. The molecule has 0 saturated carbocycles. The van der Waals surface area contributed by atoms with E-state index in [1.54, 1.807) is 26.8 Å². The summed E-state index contributed by atoms with van der Waals surface area (Å²) >= 11 is 5.98. The third kappa shape index (κ3) is 5.57. The maximum Gasteiger partial charge on any atom is 0.310 e. The van der Waals surface area contributed by atoms with Gasteiger partial charge in [0.2, 0.25) is 12.2 Å². The number of pyridine rings is 1. The van der Waals surface area contributed by atoms with Crippen LogP contribution in [-0.4, -0.2) is 41.3 Å². The van der Waals surface area contributed by atoms with Crippen LogP contribution in [0.1, 0.15) is 43.6 Å². The quantitative estimate of drug-likeness (QED) is 0.380. The lowest BCUT2D eigenvalue weighted by Crippen LogP contribution is -2.47. The third-order valence-corrected chi connectivity index (χ3v) is 5.63. The van der Waals surface area contributed by atoms with E-state index in [9.17, 15) is 19.2 Å². The smallest absolute Gasteiger partial charge is 0.310 e. The number of halogens is 1. The van der Waals surface area contributed by atoms with Gasteiger partial charge in [0, 0.05) is 18.4 Å². The normalized spacial score (nSPS) is 18.4. The van der Waals surface area contributed by atoms with E-state index in [1.165, 1.54) is 35.0 Å². The van der Waals surface area contributed by atoms with Gasteiger partial charge in [-0.3, -0.25) is 19.2 Å². The molecule has 1 aromatic carbocycles. The molecule has 0 bridgehead atoms. The molecule has 2 heterocycles. The van der Waals surface area contributed by atoms with Gasteiger partial charge in [0.25, 0.3) is 11.5 Å². The fraction of sp³-hybridized carbons (Fsp3) is 0.391. The summed E-state index contributed by atoms with van der Waals surface area (Å²) in [6.45, 7) is 5.63. The van der Waals surface area contributed by atoms with Crippen molar-refractivity contribution in [3.63, 3.8) is 0 Å². The minimum absolute atomic E-state index is 0.00883. The van der Waals surface area contributed by atoms with Gasteiger partial charge in [-0.25, -0.2) is 0 Å². The first-order chi connectivity index (χ1) is 16.1. The predicted molar refractivity (Wildman–Crippen MR) is 126 cm³/mol. The molecule has 0 radical (unpaired) electrons. The van der Waals surface area contributed by atoms with Gasteiger partial charge in [-0.1, -0.05) is 25.4 Å². The summed E-state index contributed by atoms with van der Waals surface area (Å²) in [5, 5.41) is 5.54. The molecular weight excluding hydrogens is 464 g/mol. The van der Waals surface area contributed by atoms with E-state index in [1.807, 2.05) is 0 Å². The highest BCUT2D eigenvalue weighted by molar-refractivity contribution is 6.33. The average Bonchev–Trinajstić information content (AvgIpc) is 3.11. The van der Waals surface area contributed by atoms with Crippen LogP contribution in [-0.2, 0) is 19.1 Å². The zero-order chi connectivity index (χ0) is 25.0. The van der Waals surface area contributed by atoms with Crippen LogP contribution in [0.15, 0.2) is 41.3 Å². The van der Waals surface area contributed by atoms with Crippen molar-refractivity contribution in [2.24, 2.45) is 5.92 Å². The Labute approximate surface area is 201 Å². The van der Waals surface area contributed by atoms with Gasteiger partial charge in [-0.15, -0.1) is 0 Å². The van der Waals surface area contributed by atoms with Gasteiger partial charge in [0.05, 0.1) is 17.1 Å². The second-order valence-corrected chi connectivity index (χ2v) is 8.55. The summed E-state index contributed by atoms with van der Waals surface area (Å²) in [6.07, 6.45) is 0.554. The predicted octanol–water partition coefficient (Wildman–Crippen LogP) is 2.33. The van der Waals surface area contributed by atoms with E-state index in [0.717, 1.165) is 0 Å². The molecule has 0 aliphatic carbocycles. The molecule has 182 valence electrons. The first-order valence-electron chi connectivity index (χ1n) is 10.8. The fourth-order valence-electron chi connectivity index (χ4n) is 3.67. The molecule has 0 spiro atoms. The van der Waals surface area contributed by atoms with E-state index in [0.29, 0.717) is 12.3 Å². The molecule has 1 aliphatic heterocycles. The largest absolute Gasteiger partial charge is 0.433 e. The van der Waals surface area contributed by atoms with Crippen molar-refractivity contribution in [3.05, 3.63) is 57.5 Å². The van der Waals surface area contributed by atoms with Gasteiger partial charge in [0.1, 0.15) is 17.8 Å². The molecule has 11 heteroatoms. The molecular formula is C23H27ClN4O6. The Bertz CT molecular complexity index is 1150. The van der Waals surface area contributed by atoms with E-state index in [2.05, 4.69) is 10.6 Å². The molecule has 1 fully saturated rings. The topological polar surface area (TPSA) is 142 Å². The fourth-order valence-corrected chi connectivity index (χ4v) is 3.86. The first-order valence-corrected chi connectivity index (χ1v) is 11.2. The average molecular weight is 491 g/mol. The van der Waals surface area contributed by atoms with Crippen molar-refractivity contribution in [1.82, 2.24) is 9.88 Å². The Morgan fingerprint density at radius 3 is 2.68 bits per heavy atom. The number of carbonyl (C=O) groups excluding carboxylic acids is 3. The lowest BCUT2D eigenvalue weighted by atomic mass is 10.0. The van der Waals surface area contributed by atoms with Crippen LogP contribution in [0, 0.1) is 5.92 Å². The van der Waals surface area contributed by atoms with Gasteiger partial charge in [-0.05, 0) is 43.2 Å². The maximum atomic E-state index is 13.2. The number of hydrogen-bond donors (Lipinski definition) is 3. The molecule has 1 saturated heterocycles. The third-order valence-electron chi connectivity index (χ3n) is 5.31. The number of nitrogens with one attached hydrogen (secondary N) is 2. The zero-order valence-corrected chi connectivity index (χ0v) is 19.8. The van der Waals surface area contributed by atoms with Crippen molar-refractivity contribution in [2.45, 2.75) is 45.6 Å². The van der Waals surface area contributed by atoms with Crippen LogP contribution in [0.4, 0.5) is 11.4 Å². The van der Waals surface area contributed by atoms with Crippen LogP contribution >= 0.6 is 11.6 Å². The summed E-state index contributed by atoms with van der Waals surface area (Å²) in [6, 6.07) is 5.80. The zero-order valence-electron chi connectivity index (χ0n) is 19.0. The van der Waals surface area contributed by atoms with Crippen molar-refractivity contribution in [3.8, 4) is 0 Å². The van der Waals surface area contributed by atoms with Crippen molar-refractivity contribution < 1.29 is 23.9 Å². The van der Waals surface area contributed by atoms with Crippen LogP contribution in [0.25, 0.3) is 0 Å². The highest BCUT2D eigenvalue weighted by atomic mass is 35.5. The number of benzene rings is 1. The van der Waals surface area contributed by atoms with Crippen LogP contribution < -0.4 is 21.9 Å². The number of rotatable bonds is 8. The summed E-state index contributed by atoms with van der Waals surface area (Å²) in [4.78, 5) is 50.7. The van der Waals surface area contributed by atoms with Gasteiger partial charge < -0.3 is 30.4 Å². The van der Waals surface area contributed by atoms with Gasteiger partial charge in [-0.2, -0.15) is 0 Å². The Kier molecular flexibility index (Phi) is 7.95. The van der Waals surface area contributed by atoms with E-state index in [-0.39, 0.29) is 28.6 Å². The van der Waals surface area contributed by atoms with Gasteiger partial charge >= 0.3 is 5.97 Å². The van der Waals surface area contributed by atoms with E-state index < -0.39 is 41.7 Å². The maximum absolute atomic E-state index is 13.2. The lowest BCUT2D eigenvalue weighted by molar-refractivity contribution is -0.164. The summed E-state index contributed by atoms with van der Waals surface area (Å²) in [5.74, 6) is -1.79. The van der Waals surface area contributed by atoms with Crippen molar-refractivity contribution in [1.29, 1.82) is 0 Å². The lowest BCUT2D eigenvalue weighted by Gasteiger charge is -2.26. The Hall–Kier alpha value is -3.37. The minimum Gasteiger partial charge on any atom is -0.433 e. The second kappa shape index (κ2) is 10.7. The second-order valence-electron chi connectivity index (χ2n) is 8.15. The SMILES string of the molecule is CCOC1OC(=O)C[C@@H]1NC(=O)[C@@H](C(C)C)n1cccc(NC(=O)c2ccc(N)c(Cl)c2)c1=O. The molecule has 10 nitrogen and oxygen atoms in total. The highest BCUT2D eigenvalue weighted by Crippen LogP contribution is 2.22.